The normalized spacial score (nSPS) is 10.1. The van der Waals surface area contributed by atoms with Crippen LogP contribution in [0.2, 0.25) is 0 Å². The van der Waals surface area contributed by atoms with Gasteiger partial charge in [-0.25, -0.2) is 4.98 Å². The number of aromatic nitrogens is 2. The molecule has 0 aliphatic heterocycles. The Hall–Kier alpha value is -1.95. The third-order valence-electron chi connectivity index (χ3n) is 2.24. The maximum atomic E-state index is 10.9. The van der Waals surface area contributed by atoms with Crippen LogP contribution in [0.25, 0.3) is 0 Å². The lowest BCUT2D eigenvalue weighted by molar-refractivity contribution is -0.114. The zero-order valence-corrected chi connectivity index (χ0v) is 11.0. The van der Waals surface area contributed by atoms with E-state index in [-0.39, 0.29) is 5.91 Å². The highest BCUT2D eigenvalue weighted by Crippen LogP contribution is 2.20. The van der Waals surface area contributed by atoms with Crippen molar-refractivity contribution < 1.29 is 4.79 Å². The topological polar surface area (TPSA) is 66.9 Å². The number of amides is 1. The van der Waals surface area contributed by atoms with Gasteiger partial charge in [0.2, 0.25) is 11.0 Å². The van der Waals surface area contributed by atoms with Gasteiger partial charge in [-0.3, -0.25) is 4.79 Å². The Morgan fingerprint density at radius 1 is 1.28 bits per heavy atom. The van der Waals surface area contributed by atoms with Crippen LogP contribution in [0.4, 0.5) is 16.5 Å². The number of carbonyl (C=O) groups excluding carboxylic acids is 1. The molecule has 0 unspecified atom stereocenters. The van der Waals surface area contributed by atoms with Gasteiger partial charge in [-0.15, -0.1) is 0 Å². The molecule has 0 bridgehead atoms. The molecule has 2 aromatic rings. The van der Waals surface area contributed by atoms with E-state index in [1.54, 1.807) is 0 Å². The summed E-state index contributed by atoms with van der Waals surface area (Å²) < 4.78 is 4.20. The molecule has 1 aromatic heterocycles. The van der Waals surface area contributed by atoms with Crippen molar-refractivity contribution in [2.45, 2.75) is 20.3 Å². The molecule has 6 heteroatoms. The van der Waals surface area contributed by atoms with Gasteiger partial charge in [0.1, 0.15) is 5.82 Å². The summed E-state index contributed by atoms with van der Waals surface area (Å²) in [6.07, 6.45) is 0.833. The van der Waals surface area contributed by atoms with Crippen molar-refractivity contribution in [1.29, 1.82) is 0 Å². The molecule has 18 heavy (non-hydrogen) atoms. The van der Waals surface area contributed by atoms with Gasteiger partial charge in [-0.1, -0.05) is 6.92 Å². The third-order valence-corrected chi connectivity index (χ3v) is 2.91. The summed E-state index contributed by atoms with van der Waals surface area (Å²) in [4.78, 5) is 15.2. The Bertz CT molecular complexity index is 535. The summed E-state index contributed by atoms with van der Waals surface area (Å²) in [5, 5.41) is 6.67. The number of carbonyl (C=O) groups is 1. The number of hydrogen-bond acceptors (Lipinski definition) is 5. The summed E-state index contributed by atoms with van der Waals surface area (Å²) in [5.74, 6) is 0.768. The fourth-order valence-electron chi connectivity index (χ4n) is 1.41. The van der Waals surface area contributed by atoms with E-state index in [0.717, 1.165) is 28.8 Å². The summed E-state index contributed by atoms with van der Waals surface area (Å²) in [5.41, 5.74) is 1.70. The summed E-state index contributed by atoms with van der Waals surface area (Å²) in [7, 11) is 0. The van der Waals surface area contributed by atoms with Crippen molar-refractivity contribution in [3.8, 4) is 0 Å². The molecule has 0 fully saturated rings. The summed E-state index contributed by atoms with van der Waals surface area (Å²) in [6, 6.07) is 7.45. The van der Waals surface area contributed by atoms with E-state index in [9.17, 15) is 4.79 Å². The number of nitrogens with one attached hydrogen (secondary N) is 2. The average Bonchev–Trinajstić information content (AvgIpc) is 2.79. The number of anilines is 3. The molecule has 0 saturated heterocycles. The van der Waals surface area contributed by atoms with Gasteiger partial charge in [0, 0.05) is 36.3 Å². The van der Waals surface area contributed by atoms with Crippen LogP contribution in [0.1, 0.15) is 19.7 Å². The van der Waals surface area contributed by atoms with Crippen molar-refractivity contribution >= 4 is 33.9 Å². The van der Waals surface area contributed by atoms with Crippen LogP contribution in [-0.4, -0.2) is 15.3 Å². The van der Waals surface area contributed by atoms with Crippen LogP contribution in [0, 0.1) is 0 Å². The second kappa shape index (κ2) is 5.59. The average molecular weight is 262 g/mol. The molecule has 1 aromatic carbocycles. The maximum Gasteiger partial charge on any atom is 0.221 e. The highest BCUT2D eigenvalue weighted by atomic mass is 32.1. The fourth-order valence-corrected chi connectivity index (χ4v) is 2.08. The number of rotatable bonds is 4. The largest absolute Gasteiger partial charge is 0.330 e. The molecule has 94 valence electrons. The van der Waals surface area contributed by atoms with Gasteiger partial charge in [0.15, 0.2) is 0 Å². The van der Waals surface area contributed by atoms with Gasteiger partial charge in [-0.2, -0.15) is 4.37 Å². The zero-order valence-electron chi connectivity index (χ0n) is 10.2. The predicted molar refractivity (Wildman–Crippen MR) is 73.3 cm³/mol. The Balaban J connectivity index is 2.03. The first-order valence-electron chi connectivity index (χ1n) is 5.64. The molecule has 0 spiro atoms. The first-order valence-corrected chi connectivity index (χ1v) is 6.42. The Morgan fingerprint density at radius 2 is 1.94 bits per heavy atom. The monoisotopic (exact) mass is 262 g/mol. The van der Waals surface area contributed by atoms with Crippen LogP contribution in [0.3, 0.4) is 0 Å². The number of nitrogens with zero attached hydrogens (tertiary/aromatic N) is 2. The van der Waals surface area contributed by atoms with Crippen LogP contribution in [0.5, 0.6) is 0 Å². The Kier molecular flexibility index (Phi) is 3.88. The Morgan fingerprint density at radius 3 is 2.50 bits per heavy atom. The lowest BCUT2D eigenvalue weighted by Crippen LogP contribution is -2.05. The van der Waals surface area contributed by atoms with E-state index in [0.29, 0.717) is 0 Å². The molecule has 0 aliphatic carbocycles. The molecular formula is C12H14N4OS. The van der Waals surface area contributed by atoms with Gasteiger partial charge in [0.25, 0.3) is 0 Å². The molecule has 5 nitrogen and oxygen atoms in total. The quantitative estimate of drug-likeness (QED) is 0.889. The maximum absolute atomic E-state index is 10.9. The van der Waals surface area contributed by atoms with Crippen LogP contribution in [0.15, 0.2) is 24.3 Å². The smallest absolute Gasteiger partial charge is 0.221 e. The van der Waals surface area contributed by atoms with Crippen molar-refractivity contribution in [2.24, 2.45) is 0 Å². The van der Waals surface area contributed by atoms with Crippen LogP contribution < -0.4 is 10.6 Å². The van der Waals surface area contributed by atoms with E-state index >= 15 is 0 Å². The number of benzene rings is 1. The molecule has 1 amide bonds. The minimum Gasteiger partial charge on any atom is -0.330 e. The van der Waals surface area contributed by atoms with Gasteiger partial charge in [0.05, 0.1) is 0 Å². The molecule has 1 heterocycles. The molecule has 0 saturated carbocycles. The Labute approximate surface area is 109 Å². The molecule has 2 N–H and O–H groups in total. The molecule has 0 aliphatic rings. The zero-order chi connectivity index (χ0) is 13.0. The molecule has 0 atom stereocenters. The SMILES string of the molecule is CCc1nsc(Nc2ccc(NC(C)=O)cc2)n1. The second-order valence-electron chi connectivity index (χ2n) is 3.75. The van der Waals surface area contributed by atoms with Crippen molar-refractivity contribution in [3.05, 3.63) is 30.1 Å². The summed E-state index contributed by atoms with van der Waals surface area (Å²) >= 11 is 1.34. The second-order valence-corrected chi connectivity index (χ2v) is 4.50. The van der Waals surface area contributed by atoms with Crippen LogP contribution in [-0.2, 0) is 11.2 Å². The summed E-state index contributed by atoms with van der Waals surface area (Å²) in [6.45, 7) is 3.51. The van der Waals surface area contributed by atoms with Crippen molar-refractivity contribution in [2.75, 3.05) is 10.6 Å². The molecular weight excluding hydrogens is 248 g/mol. The lowest BCUT2D eigenvalue weighted by atomic mass is 10.3. The van der Waals surface area contributed by atoms with E-state index < -0.39 is 0 Å². The predicted octanol–water partition coefficient (Wildman–Crippen LogP) is 2.80. The van der Waals surface area contributed by atoms with Crippen molar-refractivity contribution in [1.82, 2.24) is 9.36 Å². The first kappa shape index (κ1) is 12.5. The minimum atomic E-state index is -0.0765. The third kappa shape index (κ3) is 3.27. The van der Waals surface area contributed by atoms with Gasteiger partial charge >= 0.3 is 0 Å². The molecule has 2 rings (SSSR count). The first-order chi connectivity index (χ1) is 8.67. The number of hydrogen-bond donors (Lipinski definition) is 2. The van der Waals surface area contributed by atoms with E-state index in [1.807, 2.05) is 31.2 Å². The van der Waals surface area contributed by atoms with E-state index in [2.05, 4.69) is 20.0 Å². The highest BCUT2D eigenvalue weighted by molar-refractivity contribution is 7.09. The molecule has 0 radical (unpaired) electrons. The highest BCUT2D eigenvalue weighted by Gasteiger charge is 2.02. The van der Waals surface area contributed by atoms with Crippen molar-refractivity contribution in [3.63, 3.8) is 0 Å². The standard InChI is InChI=1S/C12H14N4OS/c1-3-11-15-12(18-16-11)14-10-6-4-9(5-7-10)13-8(2)17/h4-7H,3H2,1-2H3,(H,13,17)(H,14,15,16). The van der Waals surface area contributed by atoms with Gasteiger partial charge < -0.3 is 10.6 Å². The fraction of sp³-hybridized carbons (Fsp3) is 0.250. The number of aryl methyl sites for hydroxylation is 1. The van der Waals surface area contributed by atoms with Gasteiger partial charge in [-0.05, 0) is 24.3 Å². The van der Waals surface area contributed by atoms with E-state index in [1.165, 1.54) is 18.5 Å². The van der Waals surface area contributed by atoms with Crippen LogP contribution >= 0.6 is 11.5 Å². The minimum absolute atomic E-state index is 0.0765. The lowest BCUT2D eigenvalue weighted by Gasteiger charge is -2.04. The van der Waals surface area contributed by atoms with E-state index in [4.69, 9.17) is 0 Å².